The molecule has 1 heterocycles. The topological polar surface area (TPSA) is 101 Å². The number of aliphatic hydroxyl groups excluding tert-OH is 4. The van der Waals surface area contributed by atoms with Gasteiger partial charge in [-0.05, 0) is 66.6 Å². The molecule has 4 atom stereocenters. The first-order chi connectivity index (χ1) is 16.5. The summed E-state index contributed by atoms with van der Waals surface area (Å²) in [7, 11) is 0. The van der Waals surface area contributed by atoms with Crippen LogP contribution in [-0.2, 0) is 4.79 Å². The minimum atomic E-state index is -0.519. The van der Waals surface area contributed by atoms with Crippen LogP contribution in [0.3, 0.4) is 0 Å². The summed E-state index contributed by atoms with van der Waals surface area (Å²) in [5.74, 6) is 5.06. The first-order valence-corrected chi connectivity index (χ1v) is 14.3. The van der Waals surface area contributed by atoms with Crippen LogP contribution in [0.2, 0.25) is 0 Å². The molecule has 6 nitrogen and oxygen atoms in total. The summed E-state index contributed by atoms with van der Waals surface area (Å²) in [5, 5.41) is 34.6. The Morgan fingerprint density at radius 2 is 1.28 bits per heavy atom. The van der Waals surface area contributed by atoms with Crippen molar-refractivity contribution in [2.24, 2.45) is 47.3 Å². The van der Waals surface area contributed by atoms with Gasteiger partial charge in [0.15, 0.2) is 0 Å². The third-order valence-electron chi connectivity index (χ3n) is 6.94. The molecule has 0 aliphatic carbocycles. The molecular formula is C30H65NO5. The molecule has 4 N–H and O–H groups in total. The molecule has 0 spiro atoms. The van der Waals surface area contributed by atoms with Gasteiger partial charge in [-0.1, -0.05) is 76.2 Å². The number of carbonyl (C=O) groups excluding carboxylic acids is 1. The van der Waals surface area contributed by atoms with Gasteiger partial charge in [0.25, 0.3) is 0 Å². The van der Waals surface area contributed by atoms with E-state index in [4.69, 9.17) is 20.4 Å². The van der Waals surface area contributed by atoms with Crippen LogP contribution in [0.1, 0.15) is 102 Å². The minimum absolute atomic E-state index is 0.113. The van der Waals surface area contributed by atoms with E-state index in [1.54, 1.807) is 6.92 Å². The Bertz CT molecular complexity index is 494. The second-order valence-corrected chi connectivity index (χ2v) is 12.4. The van der Waals surface area contributed by atoms with Crippen LogP contribution >= 0.6 is 0 Å². The molecule has 0 aromatic rings. The Hall–Kier alpha value is -0.690. The van der Waals surface area contributed by atoms with Crippen LogP contribution in [0.5, 0.6) is 0 Å². The first-order valence-electron chi connectivity index (χ1n) is 14.3. The van der Waals surface area contributed by atoms with E-state index in [1.807, 2.05) is 25.7 Å². The third kappa shape index (κ3) is 23.7. The molecule has 36 heavy (non-hydrogen) atoms. The Kier molecular flexibility index (Phi) is 25.9. The fourth-order valence-corrected chi connectivity index (χ4v) is 3.61. The van der Waals surface area contributed by atoms with Crippen molar-refractivity contribution in [3.05, 3.63) is 0 Å². The maximum atomic E-state index is 10.9. The van der Waals surface area contributed by atoms with E-state index in [0.29, 0.717) is 55.1 Å². The van der Waals surface area contributed by atoms with E-state index < -0.39 is 6.10 Å². The second-order valence-electron chi connectivity index (χ2n) is 12.4. The Morgan fingerprint density at radius 3 is 1.42 bits per heavy atom. The lowest BCUT2D eigenvalue weighted by molar-refractivity contribution is -0.127. The third-order valence-corrected chi connectivity index (χ3v) is 6.94. The molecule has 6 heteroatoms. The number of rotatable bonds is 10. The molecule has 0 radical (unpaired) electrons. The van der Waals surface area contributed by atoms with E-state index in [2.05, 4.69) is 55.4 Å². The van der Waals surface area contributed by atoms with Gasteiger partial charge in [-0.2, -0.15) is 0 Å². The molecule has 4 unspecified atom stereocenters. The first kappa shape index (κ1) is 39.8. The summed E-state index contributed by atoms with van der Waals surface area (Å²) in [4.78, 5) is 12.9. The summed E-state index contributed by atoms with van der Waals surface area (Å²) in [6, 6.07) is 0. The highest BCUT2D eigenvalue weighted by Gasteiger charge is 2.25. The standard InChI is InChI=1S/C9H17NO.C9H20O.C6H14O2.C6H14O/c1-7(2)9-4-5-10(6-9)8(3)11;1-7(2)5-9(6-10)8(3)4;1-5(2)3-6(8)4-7;1-5(2)6(3)4-7/h7,9H,4-6H2,1-3H3;7-10H,5-6H2,1-4H3;5-8H,3-4H2,1-2H3;5-7H,4H2,1-3H3. The number of nitrogens with zero attached hydrogens (tertiary/aromatic N) is 1. The van der Waals surface area contributed by atoms with Crippen LogP contribution < -0.4 is 0 Å². The lowest BCUT2D eigenvalue weighted by Crippen LogP contribution is -2.26. The zero-order chi connectivity index (χ0) is 29.0. The van der Waals surface area contributed by atoms with Crippen LogP contribution in [0.4, 0.5) is 0 Å². The molecule has 1 amide bonds. The predicted octanol–water partition coefficient (Wildman–Crippen LogP) is 5.46. The Morgan fingerprint density at radius 1 is 0.778 bits per heavy atom. The van der Waals surface area contributed by atoms with Crippen molar-refractivity contribution in [1.29, 1.82) is 0 Å². The minimum Gasteiger partial charge on any atom is -0.396 e. The fraction of sp³-hybridized carbons (Fsp3) is 0.967. The van der Waals surface area contributed by atoms with Gasteiger partial charge < -0.3 is 25.3 Å². The highest BCUT2D eigenvalue weighted by atomic mass is 16.3. The van der Waals surface area contributed by atoms with Crippen molar-refractivity contribution in [3.8, 4) is 0 Å². The summed E-state index contributed by atoms with van der Waals surface area (Å²) in [5.41, 5.74) is 0. The van der Waals surface area contributed by atoms with Gasteiger partial charge >= 0.3 is 0 Å². The van der Waals surface area contributed by atoms with Crippen molar-refractivity contribution >= 4 is 5.91 Å². The van der Waals surface area contributed by atoms with Gasteiger partial charge in [0.2, 0.25) is 5.91 Å². The molecule has 0 saturated carbocycles. The molecule has 0 aromatic carbocycles. The zero-order valence-electron chi connectivity index (χ0n) is 26.0. The zero-order valence-corrected chi connectivity index (χ0v) is 26.0. The molecule has 0 aromatic heterocycles. The van der Waals surface area contributed by atoms with Crippen molar-refractivity contribution < 1.29 is 25.2 Å². The van der Waals surface area contributed by atoms with E-state index >= 15 is 0 Å². The van der Waals surface area contributed by atoms with E-state index in [0.717, 1.165) is 31.3 Å². The molecule has 1 saturated heterocycles. The number of hydrogen-bond donors (Lipinski definition) is 4. The smallest absolute Gasteiger partial charge is 0.219 e. The largest absolute Gasteiger partial charge is 0.396 e. The summed E-state index contributed by atoms with van der Waals surface area (Å²) >= 11 is 0. The lowest BCUT2D eigenvalue weighted by atomic mass is 9.88. The van der Waals surface area contributed by atoms with Crippen LogP contribution in [0, 0.1) is 47.3 Å². The van der Waals surface area contributed by atoms with Gasteiger partial charge in [-0.25, -0.2) is 0 Å². The summed E-state index contributed by atoms with van der Waals surface area (Å²) < 4.78 is 0. The van der Waals surface area contributed by atoms with Crippen LogP contribution in [0.25, 0.3) is 0 Å². The van der Waals surface area contributed by atoms with Crippen molar-refractivity contribution in [2.45, 2.75) is 108 Å². The maximum absolute atomic E-state index is 10.9. The number of aliphatic hydroxyl groups is 4. The summed E-state index contributed by atoms with van der Waals surface area (Å²) in [6.45, 7) is 27.6. The molecule has 1 rings (SSSR count). The van der Waals surface area contributed by atoms with Gasteiger partial charge in [-0.15, -0.1) is 0 Å². The lowest BCUT2D eigenvalue weighted by Gasteiger charge is -2.19. The average molecular weight is 520 g/mol. The van der Waals surface area contributed by atoms with Gasteiger partial charge in [0.05, 0.1) is 12.7 Å². The maximum Gasteiger partial charge on any atom is 0.219 e. The van der Waals surface area contributed by atoms with E-state index in [1.165, 1.54) is 6.42 Å². The molecule has 1 aliphatic heterocycles. The number of carbonyl (C=O) groups is 1. The molecule has 0 bridgehead atoms. The Balaban J connectivity index is -0.000000410. The monoisotopic (exact) mass is 519 g/mol. The van der Waals surface area contributed by atoms with Crippen molar-refractivity contribution in [2.75, 3.05) is 32.9 Å². The summed E-state index contributed by atoms with van der Waals surface area (Å²) in [6.07, 6.45) is 2.51. The Labute approximate surface area is 224 Å². The number of likely N-dealkylation sites (tertiary alicyclic amines) is 1. The molecule has 1 fully saturated rings. The van der Waals surface area contributed by atoms with Gasteiger partial charge in [0, 0.05) is 33.2 Å². The molecule has 1 aliphatic rings. The van der Waals surface area contributed by atoms with Gasteiger partial charge in [0.1, 0.15) is 0 Å². The average Bonchev–Trinajstić information content (AvgIpc) is 3.28. The van der Waals surface area contributed by atoms with Crippen molar-refractivity contribution in [1.82, 2.24) is 4.90 Å². The normalized spacial score (nSPS) is 17.8. The van der Waals surface area contributed by atoms with Crippen LogP contribution in [0.15, 0.2) is 0 Å². The second kappa shape index (κ2) is 23.4. The highest BCUT2D eigenvalue weighted by molar-refractivity contribution is 5.73. The quantitative estimate of drug-likeness (QED) is 0.307. The van der Waals surface area contributed by atoms with Gasteiger partial charge in [-0.3, -0.25) is 4.79 Å². The van der Waals surface area contributed by atoms with E-state index in [-0.39, 0.29) is 12.5 Å². The number of hydrogen-bond acceptors (Lipinski definition) is 5. The van der Waals surface area contributed by atoms with Crippen molar-refractivity contribution in [3.63, 3.8) is 0 Å². The SMILES string of the molecule is CC(=O)N1CCC(C(C)C)C1.CC(C)C(C)CO.CC(C)CC(CO)C(C)C.CC(C)CC(O)CO. The highest BCUT2D eigenvalue weighted by Crippen LogP contribution is 2.23. The molecular weight excluding hydrogens is 454 g/mol. The predicted molar refractivity (Wildman–Crippen MR) is 154 cm³/mol. The number of amides is 1. The molecule has 220 valence electrons. The van der Waals surface area contributed by atoms with Crippen LogP contribution in [-0.4, -0.2) is 70.2 Å². The van der Waals surface area contributed by atoms with E-state index in [9.17, 15) is 4.79 Å². The fourth-order valence-electron chi connectivity index (χ4n) is 3.61.